The number of para-hydroxylation sites is 1. The van der Waals surface area contributed by atoms with E-state index < -0.39 is 22.0 Å². The normalized spacial score (nSPS) is 18.1. The van der Waals surface area contributed by atoms with Crippen LogP contribution in [0.2, 0.25) is 0 Å². The number of carboxylic acid groups (broad SMARTS) is 1. The number of hydrogen-bond donors (Lipinski definition) is 3. The third-order valence-electron chi connectivity index (χ3n) is 8.80. The second kappa shape index (κ2) is 14.6. The van der Waals surface area contributed by atoms with Gasteiger partial charge in [0, 0.05) is 32.5 Å². The number of alkyl halides is 1. The Kier molecular flexibility index (Phi) is 10.8. The van der Waals surface area contributed by atoms with E-state index >= 15 is 0 Å². The first-order valence-electron chi connectivity index (χ1n) is 15.9. The van der Waals surface area contributed by atoms with Gasteiger partial charge in [-0.05, 0) is 85.6 Å². The Labute approximate surface area is 268 Å². The number of rotatable bonds is 13. The standard InChI is InChI=1S/C33H43FN4O5S2/c1-21(2)15-24-17-25-16-23(7-8-31(39)40)18-29(32(25)35-20-24)45(42,43)37-27(19-30-36-26-5-3-4-6-28(26)44-30)33(41)38-13-10-22(9-12-34)11-14-38/h3-6,16,18,21-22,24,27,35,37H,7-15,17,19-20H2,1-2H3,(H,39,40). The van der Waals surface area contributed by atoms with Crippen LogP contribution in [0.5, 0.6) is 0 Å². The number of carbonyl (C=O) groups is 2. The van der Waals surface area contributed by atoms with Gasteiger partial charge in [0.2, 0.25) is 15.9 Å². The molecule has 0 aliphatic carbocycles. The molecule has 2 aliphatic rings. The molecule has 12 heteroatoms. The number of anilines is 1. The van der Waals surface area contributed by atoms with Crippen molar-refractivity contribution < 1.29 is 27.5 Å². The maximum Gasteiger partial charge on any atom is 0.303 e. The molecule has 5 rings (SSSR count). The number of aromatic nitrogens is 1. The van der Waals surface area contributed by atoms with Gasteiger partial charge in [-0.3, -0.25) is 14.0 Å². The van der Waals surface area contributed by atoms with Crippen molar-refractivity contribution in [1.82, 2.24) is 14.6 Å². The first kappa shape index (κ1) is 33.3. The molecule has 0 bridgehead atoms. The van der Waals surface area contributed by atoms with Crippen molar-refractivity contribution in [1.29, 1.82) is 0 Å². The molecule has 0 spiro atoms. The molecule has 9 nitrogen and oxygen atoms in total. The number of nitrogens with one attached hydrogen (secondary N) is 2. The van der Waals surface area contributed by atoms with Crippen molar-refractivity contribution in [3.8, 4) is 0 Å². The predicted octanol–water partition coefficient (Wildman–Crippen LogP) is 5.43. The first-order chi connectivity index (χ1) is 21.5. The Hall–Kier alpha value is -3.09. The van der Waals surface area contributed by atoms with Crippen LogP contribution in [0, 0.1) is 17.8 Å². The second-order valence-electron chi connectivity index (χ2n) is 12.8. The van der Waals surface area contributed by atoms with Crippen molar-refractivity contribution in [2.75, 3.05) is 31.6 Å². The smallest absolute Gasteiger partial charge is 0.303 e. The second-order valence-corrected chi connectivity index (χ2v) is 15.6. The fraction of sp³-hybridized carbons (Fsp3) is 0.545. The molecule has 3 heterocycles. The number of carboxylic acids is 1. The maximum absolute atomic E-state index is 14.3. The van der Waals surface area contributed by atoms with Crippen LogP contribution in [0.4, 0.5) is 10.1 Å². The average molecular weight is 659 g/mol. The Balaban J connectivity index is 1.47. The molecule has 2 unspecified atom stereocenters. The zero-order chi connectivity index (χ0) is 32.1. The minimum absolute atomic E-state index is 0.0344. The number of fused-ring (bicyclic) bond motifs is 2. The molecule has 2 aromatic carbocycles. The molecule has 1 aromatic heterocycles. The van der Waals surface area contributed by atoms with Gasteiger partial charge in [0.1, 0.15) is 10.9 Å². The average Bonchev–Trinajstić information content (AvgIpc) is 3.41. The van der Waals surface area contributed by atoms with Gasteiger partial charge in [-0.1, -0.05) is 32.0 Å². The molecule has 2 atom stereocenters. The molecule has 0 saturated carbocycles. The lowest BCUT2D eigenvalue weighted by molar-refractivity contribution is -0.137. The van der Waals surface area contributed by atoms with Crippen LogP contribution in [0.3, 0.4) is 0 Å². The molecule has 0 radical (unpaired) electrons. The number of benzene rings is 2. The number of likely N-dealkylation sites (tertiary alicyclic amines) is 1. The molecule has 1 saturated heterocycles. The summed E-state index contributed by atoms with van der Waals surface area (Å²) in [6.07, 6.45) is 3.66. The summed E-state index contributed by atoms with van der Waals surface area (Å²) in [4.78, 5) is 31.8. The van der Waals surface area contributed by atoms with Crippen molar-refractivity contribution in [2.24, 2.45) is 17.8 Å². The van der Waals surface area contributed by atoms with E-state index in [0.717, 1.165) is 22.2 Å². The highest BCUT2D eigenvalue weighted by Crippen LogP contribution is 2.35. The van der Waals surface area contributed by atoms with E-state index in [2.05, 4.69) is 28.9 Å². The maximum atomic E-state index is 14.3. The molecule has 244 valence electrons. The van der Waals surface area contributed by atoms with E-state index in [-0.39, 0.29) is 42.7 Å². The lowest BCUT2D eigenvalue weighted by atomic mass is 9.86. The summed E-state index contributed by atoms with van der Waals surface area (Å²) >= 11 is 1.43. The van der Waals surface area contributed by atoms with E-state index in [4.69, 9.17) is 0 Å². The van der Waals surface area contributed by atoms with Crippen molar-refractivity contribution in [3.63, 3.8) is 0 Å². The van der Waals surface area contributed by atoms with Crippen molar-refractivity contribution in [3.05, 3.63) is 52.5 Å². The van der Waals surface area contributed by atoms with Crippen LogP contribution in [0.1, 0.15) is 62.1 Å². The Morgan fingerprint density at radius 3 is 2.62 bits per heavy atom. The SMILES string of the molecule is CC(C)CC1CNc2c(cc(CCC(=O)O)cc2S(=O)(=O)NC(Cc2nc3ccccc3s2)C(=O)N2CCC(CCF)CC2)C1. The van der Waals surface area contributed by atoms with E-state index in [9.17, 15) is 27.5 Å². The Bertz CT molecular complexity index is 1590. The number of carbonyl (C=O) groups excluding carboxylic acids is 1. The van der Waals surface area contributed by atoms with Crippen LogP contribution in [0.15, 0.2) is 41.3 Å². The Morgan fingerprint density at radius 2 is 1.93 bits per heavy atom. The molecule has 3 aromatic rings. The molecule has 45 heavy (non-hydrogen) atoms. The monoisotopic (exact) mass is 658 g/mol. The lowest BCUT2D eigenvalue weighted by Gasteiger charge is -2.34. The number of halogens is 1. The number of sulfonamides is 1. The number of aliphatic carboxylic acids is 1. The predicted molar refractivity (Wildman–Crippen MR) is 175 cm³/mol. The minimum Gasteiger partial charge on any atom is -0.481 e. The van der Waals surface area contributed by atoms with Gasteiger partial charge in [-0.25, -0.2) is 13.4 Å². The number of thiazole rings is 1. The highest BCUT2D eigenvalue weighted by Gasteiger charge is 2.35. The third-order valence-corrected chi connectivity index (χ3v) is 11.4. The van der Waals surface area contributed by atoms with Crippen molar-refractivity contribution in [2.45, 2.75) is 76.2 Å². The van der Waals surface area contributed by atoms with Gasteiger partial charge in [0.15, 0.2) is 0 Å². The lowest BCUT2D eigenvalue weighted by Crippen LogP contribution is -2.51. The zero-order valence-corrected chi connectivity index (χ0v) is 27.6. The van der Waals surface area contributed by atoms with Crippen LogP contribution in [0.25, 0.3) is 10.2 Å². The first-order valence-corrected chi connectivity index (χ1v) is 18.1. The van der Waals surface area contributed by atoms with Crippen LogP contribution < -0.4 is 10.0 Å². The van der Waals surface area contributed by atoms with E-state index in [1.807, 2.05) is 30.3 Å². The molecular weight excluding hydrogens is 616 g/mol. The molecule has 1 amide bonds. The van der Waals surface area contributed by atoms with Crippen molar-refractivity contribution >= 4 is 49.1 Å². The number of hydrogen-bond acceptors (Lipinski definition) is 7. The van der Waals surface area contributed by atoms with Gasteiger partial charge in [-0.2, -0.15) is 4.72 Å². The highest BCUT2D eigenvalue weighted by molar-refractivity contribution is 7.89. The summed E-state index contributed by atoms with van der Waals surface area (Å²) in [5.74, 6) is -0.261. The number of aryl methyl sites for hydroxylation is 1. The summed E-state index contributed by atoms with van der Waals surface area (Å²) in [5, 5.41) is 13.3. The van der Waals surface area contributed by atoms with E-state index in [1.54, 1.807) is 11.0 Å². The Morgan fingerprint density at radius 1 is 1.18 bits per heavy atom. The fourth-order valence-electron chi connectivity index (χ4n) is 6.60. The fourth-order valence-corrected chi connectivity index (χ4v) is 9.07. The van der Waals surface area contributed by atoms with Gasteiger partial charge in [-0.15, -0.1) is 11.3 Å². The topological polar surface area (TPSA) is 129 Å². The molecular formula is C33H43FN4O5S2. The number of amides is 1. The van der Waals surface area contributed by atoms with E-state index in [0.29, 0.717) is 73.4 Å². The van der Waals surface area contributed by atoms with Crippen LogP contribution >= 0.6 is 11.3 Å². The van der Waals surface area contributed by atoms with Gasteiger partial charge < -0.3 is 15.3 Å². The number of piperidine rings is 1. The molecule has 1 fully saturated rings. The highest BCUT2D eigenvalue weighted by atomic mass is 32.2. The van der Waals surface area contributed by atoms with E-state index in [1.165, 1.54) is 11.3 Å². The number of nitrogens with zero attached hydrogens (tertiary/aromatic N) is 2. The minimum atomic E-state index is -4.24. The zero-order valence-electron chi connectivity index (χ0n) is 25.9. The summed E-state index contributed by atoms with van der Waals surface area (Å²) < 4.78 is 45.2. The summed E-state index contributed by atoms with van der Waals surface area (Å²) in [6.45, 7) is 5.45. The van der Waals surface area contributed by atoms with Gasteiger partial charge in [0.25, 0.3) is 0 Å². The van der Waals surface area contributed by atoms with Crippen LogP contribution in [-0.4, -0.2) is 67.6 Å². The summed E-state index contributed by atoms with van der Waals surface area (Å²) in [5.41, 5.74) is 2.78. The molecule has 3 N–H and O–H groups in total. The third kappa shape index (κ3) is 8.39. The van der Waals surface area contributed by atoms with Gasteiger partial charge in [0.05, 0.1) is 27.6 Å². The quantitative estimate of drug-likeness (QED) is 0.223. The van der Waals surface area contributed by atoms with Crippen LogP contribution in [-0.2, 0) is 38.9 Å². The summed E-state index contributed by atoms with van der Waals surface area (Å²) in [6, 6.07) is 10.0. The summed E-state index contributed by atoms with van der Waals surface area (Å²) in [7, 11) is -4.24. The van der Waals surface area contributed by atoms with Gasteiger partial charge >= 0.3 is 5.97 Å². The largest absolute Gasteiger partial charge is 0.481 e. The molecule has 2 aliphatic heterocycles.